The van der Waals surface area contributed by atoms with Crippen LogP contribution in [0.5, 0.6) is 5.75 Å². The van der Waals surface area contributed by atoms with Crippen LogP contribution in [0.2, 0.25) is 0 Å². The fourth-order valence-electron chi connectivity index (χ4n) is 2.98. The minimum absolute atomic E-state index is 0.0626. The van der Waals surface area contributed by atoms with Crippen molar-refractivity contribution in [3.05, 3.63) is 72.8 Å². The number of aromatic nitrogens is 3. The molecule has 1 amide bonds. The van der Waals surface area contributed by atoms with Gasteiger partial charge in [-0.3, -0.25) is 9.69 Å². The molecule has 0 spiro atoms. The Labute approximate surface area is 167 Å². The zero-order chi connectivity index (χ0) is 19.3. The molecule has 0 fully saturated rings. The van der Waals surface area contributed by atoms with Gasteiger partial charge in [0, 0.05) is 31.0 Å². The van der Waals surface area contributed by atoms with E-state index in [1.807, 2.05) is 35.0 Å². The van der Waals surface area contributed by atoms with Crippen molar-refractivity contribution < 1.29 is 9.53 Å². The predicted octanol–water partition coefficient (Wildman–Crippen LogP) is 4.24. The van der Waals surface area contributed by atoms with E-state index in [0.29, 0.717) is 17.2 Å². The van der Waals surface area contributed by atoms with Gasteiger partial charge in [-0.15, -0.1) is 0 Å². The lowest BCUT2D eigenvalue weighted by molar-refractivity contribution is 0.0986. The fraction of sp³-hybridized carbons (Fsp3) is 0.190. The number of hydrogen-bond donors (Lipinski definition) is 0. The molecule has 142 valence electrons. The van der Waals surface area contributed by atoms with E-state index in [2.05, 4.69) is 9.97 Å². The second-order valence-electron chi connectivity index (χ2n) is 6.30. The van der Waals surface area contributed by atoms with Crippen LogP contribution in [0.1, 0.15) is 16.8 Å². The number of aryl methyl sites for hydroxylation is 1. The lowest BCUT2D eigenvalue weighted by Gasteiger charge is -2.20. The van der Waals surface area contributed by atoms with Gasteiger partial charge in [-0.05, 0) is 42.8 Å². The first-order valence-corrected chi connectivity index (χ1v) is 9.83. The minimum atomic E-state index is -0.0626. The molecule has 0 radical (unpaired) electrons. The zero-order valence-corrected chi connectivity index (χ0v) is 16.3. The Kier molecular flexibility index (Phi) is 5.34. The van der Waals surface area contributed by atoms with E-state index >= 15 is 0 Å². The molecule has 7 heteroatoms. The maximum absolute atomic E-state index is 13.2. The molecule has 0 atom stereocenters. The number of hydrogen-bond acceptors (Lipinski definition) is 5. The molecule has 0 saturated heterocycles. The Morgan fingerprint density at radius 2 is 2.00 bits per heavy atom. The number of methoxy groups -OCH3 is 1. The quantitative estimate of drug-likeness (QED) is 0.472. The summed E-state index contributed by atoms with van der Waals surface area (Å²) in [6, 6.07) is 15.1. The molecule has 0 saturated carbocycles. The smallest absolute Gasteiger partial charge is 0.260 e. The highest BCUT2D eigenvalue weighted by atomic mass is 32.1. The van der Waals surface area contributed by atoms with Gasteiger partial charge in [0.05, 0.1) is 23.7 Å². The molecule has 4 aromatic rings. The van der Waals surface area contributed by atoms with Crippen molar-refractivity contribution in [2.24, 2.45) is 0 Å². The second-order valence-corrected chi connectivity index (χ2v) is 7.31. The number of fused-ring (bicyclic) bond motifs is 1. The Morgan fingerprint density at radius 1 is 1.18 bits per heavy atom. The number of carbonyl (C=O) groups excluding carboxylic acids is 1. The molecule has 4 rings (SSSR count). The third kappa shape index (κ3) is 3.89. The van der Waals surface area contributed by atoms with Crippen LogP contribution >= 0.6 is 11.3 Å². The molecule has 6 nitrogen and oxygen atoms in total. The largest absolute Gasteiger partial charge is 0.497 e. The maximum Gasteiger partial charge on any atom is 0.260 e. The van der Waals surface area contributed by atoms with Crippen LogP contribution in [0, 0.1) is 0 Å². The molecular weight excluding hydrogens is 372 g/mol. The molecular formula is C21H20N4O2S. The molecule has 0 unspecified atom stereocenters. The number of ether oxygens (including phenoxy) is 1. The maximum atomic E-state index is 13.2. The second kappa shape index (κ2) is 8.22. The average Bonchev–Trinajstić information content (AvgIpc) is 3.40. The summed E-state index contributed by atoms with van der Waals surface area (Å²) in [5.41, 5.74) is 1.52. The number of rotatable bonds is 7. The number of benzene rings is 2. The van der Waals surface area contributed by atoms with E-state index in [-0.39, 0.29) is 5.91 Å². The zero-order valence-electron chi connectivity index (χ0n) is 15.5. The van der Waals surface area contributed by atoms with Gasteiger partial charge in [-0.1, -0.05) is 23.5 Å². The van der Waals surface area contributed by atoms with Crippen LogP contribution in [0.4, 0.5) is 5.13 Å². The first kappa shape index (κ1) is 18.2. The molecule has 28 heavy (non-hydrogen) atoms. The topological polar surface area (TPSA) is 60.2 Å². The Hall–Kier alpha value is -3.19. The number of nitrogens with zero attached hydrogens (tertiary/aromatic N) is 4. The van der Waals surface area contributed by atoms with E-state index in [1.54, 1.807) is 48.8 Å². The van der Waals surface area contributed by atoms with Crippen molar-refractivity contribution in [3.8, 4) is 5.75 Å². The summed E-state index contributed by atoms with van der Waals surface area (Å²) in [4.78, 5) is 23.8. The van der Waals surface area contributed by atoms with E-state index < -0.39 is 0 Å². The van der Waals surface area contributed by atoms with Gasteiger partial charge in [-0.2, -0.15) is 0 Å². The number of carbonyl (C=O) groups is 1. The van der Waals surface area contributed by atoms with Crippen molar-refractivity contribution in [2.45, 2.75) is 13.0 Å². The molecule has 0 aliphatic heterocycles. The molecule has 2 aromatic heterocycles. The van der Waals surface area contributed by atoms with E-state index in [4.69, 9.17) is 4.74 Å². The lowest BCUT2D eigenvalue weighted by atomic mass is 10.2. The van der Waals surface area contributed by atoms with Gasteiger partial charge < -0.3 is 9.30 Å². The Bertz CT molecular complexity index is 1020. The van der Waals surface area contributed by atoms with Gasteiger partial charge in [0.2, 0.25) is 0 Å². The highest BCUT2D eigenvalue weighted by molar-refractivity contribution is 7.22. The van der Waals surface area contributed by atoms with Gasteiger partial charge in [0.25, 0.3) is 5.91 Å². The molecule has 2 aromatic carbocycles. The third-order valence-corrected chi connectivity index (χ3v) is 5.51. The van der Waals surface area contributed by atoms with Crippen molar-refractivity contribution in [1.29, 1.82) is 0 Å². The monoisotopic (exact) mass is 392 g/mol. The van der Waals surface area contributed by atoms with Crippen molar-refractivity contribution in [3.63, 3.8) is 0 Å². The van der Waals surface area contributed by atoms with Crippen molar-refractivity contribution >= 4 is 32.6 Å². The normalized spacial score (nSPS) is 10.9. The van der Waals surface area contributed by atoms with Crippen LogP contribution in [0.25, 0.3) is 10.2 Å². The van der Waals surface area contributed by atoms with Gasteiger partial charge in [-0.25, -0.2) is 9.97 Å². The summed E-state index contributed by atoms with van der Waals surface area (Å²) >= 11 is 1.53. The first-order valence-electron chi connectivity index (χ1n) is 9.02. The summed E-state index contributed by atoms with van der Waals surface area (Å²) in [5, 5.41) is 0.715. The summed E-state index contributed by atoms with van der Waals surface area (Å²) in [6.07, 6.45) is 6.27. The number of anilines is 1. The Morgan fingerprint density at radius 3 is 2.71 bits per heavy atom. The van der Waals surface area contributed by atoms with Gasteiger partial charge in [0.1, 0.15) is 5.75 Å². The molecule has 0 N–H and O–H groups in total. The number of para-hydroxylation sites is 1. The van der Waals surface area contributed by atoms with Crippen LogP contribution in [0.15, 0.2) is 67.3 Å². The Balaban J connectivity index is 1.60. The van der Waals surface area contributed by atoms with Crippen LogP contribution in [-0.2, 0) is 6.54 Å². The highest BCUT2D eigenvalue weighted by Crippen LogP contribution is 2.30. The first-order chi connectivity index (χ1) is 13.7. The standard InChI is InChI=1S/C21H20N4O2S/c1-27-17-9-7-16(8-10-17)20(26)25(13-4-12-24-14-11-22-15-24)21-23-18-5-2-3-6-19(18)28-21/h2-3,5-11,14-15H,4,12-13H2,1H3. The van der Waals surface area contributed by atoms with Crippen LogP contribution < -0.4 is 9.64 Å². The summed E-state index contributed by atoms with van der Waals surface area (Å²) in [5.74, 6) is 0.663. The summed E-state index contributed by atoms with van der Waals surface area (Å²) in [6.45, 7) is 1.36. The van der Waals surface area contributed by atoms with Crippen LogP contribution in [-0.4, -0.2) is 34.1 Å². The number of thiazole rings is 1. The van der Waals surface area contributed by atoms with Gasteiger partial charge in [0.15, 0.2) is 5.13 Å². The minimum Gasteiger partial charge on any atom is -0.497 e. The van der Waals surface area contributed by atoms with Gasteiger partial charge >= 0.3 is 0 Å². The lowest BCUT2D eigenvalue weighted by Crippen LogP contribution is -2.32. The SMILES string of the molecule is COc1ccc(C(=O)N(CCCn2ccnc2)c2nc3ccccc3s2)cc1. The van der Waals surface area contributed by atoms with Crippen LogP contribution in [0.3, 0.4) is 0 Å². The number of imidazole rings is 1. The summed E-state index contributed by atoms with van der Waals surface area (Å²) in [7, 11) is 1.61. The number of amides is 1. The predicted molar refractivity (Wildman–Crippen MR) is 111 cm³/mol. The highest BCUT2D eigenvalue weighted by Gasteiger charge is 2.21. The van der Waals surface area contributed by atoms with Crippen molar-refractivity contribution in [1.82, 2.24) is 14.5 Å². The fourth-order valence-corrected chi connectivity index (χ4v) is 3.97. The van der Waals surface area contributed by atoms with Crippen molar-refractivity contribution in [2.75, 3.05) is 18.6 Å². The van der Waals surface area contributed by atoms with E-state index in [9.17, 15) is 4.79 Å². The summed E-state index contributed by atoms with van der Waals surface area (Å²) < 4.78 is 8.27. The van der Waals surface area contributed by atoms with E-state index in [1.165, 1.54) is 11.3 Å². The molecule has 0 bridgehead atoms. The van der Waals surface area contributed by atoms with E-state index in [0.717, 1.165) is 28.9 Å². The third-order valence-electron chi connectivity index (χ3n) is 4.45. The molecule has 2 heterocycles. The molecule has 0 aliphatic carbocycles. The molecule has 0 aliphatic rings. The average molecular weight is 392 g/mol.